The van der Waals surface area contributed by atoms with Crippen LogP contribution in [0, 0.1) is 0 Å². The number of rotatable bonds is 6. The third-order valence-corrected chi connectivity index (χ3v) is 8.24. The van der Waals surface area contributed by atoms with Gasteiger partial charge in [0.25, 0.3) is 5.91 Å². The van der Waals surface area contributed by atoms with Gasteiger partial charge in [0.1, 0.15) is 6.04 Å². The molecule has 2 saturated heterocycles. The Morgan fingerprint density at radius 2 is 1.63 bits per heavy atom. The minimum absolute atomic E-state index is 0.246. The van der Waals surface area contributed by atoms with Gasteiger partial charge in [-0.1, -0.05) is 66.2 Å². The number of amides is 2. The molecular formula is C30H30ClN3O4. The molecule has 38 heavy (non-hydrogen) atoms. The van der Waals surface area contributed by atoms with Crippen molar-refractivity contribution in [1.29, 1.82) is 0 Å². The van der Waals surface area contributed by atoms with Crippen LogP contribution in [-0.4, -0.2) is 63.6 Å². The predicted molar refractivity (Wildman–Crippen MR) is 144 cm³/mol. The Morgan fingerprint density at radius 1 is 0.974 bits per heavy atom. The second kappa shape index (κ2) is 9.82. The fraction of sp³-hybridized carbons (Fsp3) is 0.333. The van der Waals surface area contributed by atoms with E-state index in [1.807, 2.05) is 54.6 Å². The Balaban J connectivity index is 1.21. The minimum atomic E-state index is -1.84. The van der Waals surface area contributed by atoms with E-state index in [1.165, 1.54) is 4.90 Å². The monoisotopic (exact) mass is 531 g/mol. The van der Waals surface area contributed by atoms with Crippen molar-refractivity contribution in [3.05, 3.63) is 94.0 Å². The molecule has 1 atom stereocenters. The molecule has 7 nitrogen and oxygen atoms in total. The maximum Gasteiger partial charge on any atom is 0.264 e. The number of carbonyl (C=O) groups is 2. The van der Waals surface area contributed by atoms with Gasteiger partial charge in [-0.2, -0.15) is 0 Å². The first-order valence-electron chi connectivity index (χ1n) is 13.0. The number of hydrogen-bond acceptors (Lipinski definition) is 5. The average molecular weight is 532 g/mol. The minimum Gasteiger partial charge on any atom is -0.390 e. The Morgan fingerprint density at radius 3 is 2.29 bits per heavy atom. The molecule has 196 valence electrons. The maximum absolute atomic E-state index is 14.0. The van der Waals surface area contributed by atoms with Crippen molar-refractivity contribution in [1.82, 2.24) is 15.1 Å². The Bertz CT molecular complexity index is 1360. The molecule has 3 aromatic rings. The Kier molecular flexibility index (Phi) is 6.48. The summed E-state index contributed by atoms with van der Waals surface area (Å²) in [6.45, 7) is 2.60. The van der Waals surface area contributed by atoms with E-state index in [2.05, 4.69) is 10.2 Å². The van der Waals surface area contributed by atoms with Crippen LogP contribution in [0.5, 0.6) is 0 Å². The van der Waals surface area contributed by atoms with E-state index in [0.29, 0.717) is 55.2 Å². The highest BCUT2D eigenvalue weighted by molar-refractivity contribution is 6.30. The number of fused-ring (bicyclic) bond motifs is 3. The van der Waals surface area contributed by atoms with Gasteiger partial charge in [0.15, 0.2) is 5.60 Å². The van der Waals surface area contributed by atoms with Crippen LogP contribution in [0.4, 0.5) is 0 Å². The molecule has 0 spiro atoms. The van der Waals surface area contributed by atoms with Crippen molar-refractivity contribution in [2.75, 3.05) is 19.6 Å². The number of hydrogen-bond donors (Lipinski definition) is 3. The topological polar surface area (TPSA) is 93.1 Å². The highest BCUT2D eigenvalue weighted by Gasteiger charge is 2.52. The van der Waals surface area contributed by atoms with E-state index in [9.17, 15) is 19.8 Å². The second-order valence-electron chi connectivity index (χ2n) is 10.4. The van der Waals surface area contributed by atoms with Crippen molar-refractivity contribution in [2.45, 2.75) is 43.7 Å². The standard InChI is InChI=1S/C30H30ClN3O4/c31-21-12-11-19(16-33-17-22(35)18-33)20(14-21)15-32-28(36)27-10-5-13-34(27)29(37)30(38)25-8-3-1-6-23(25)24-7-2-4-9-26(24)30/h1-4,6-9,11-12,14,22,27,35,38H,5,10,13,15-18H2,(H,32,36). The van der Waals surface area contributed by atoms with Gasteiger partial charge in [-0.25, -0.2) is 0 Å². The van der Waals surface area contributed by atoms with E-state index < -0.39 is 17.6 Å². The first kappa shape index (κ1) is 25.1. The summed E-state index contributed by atoms with van der Waals surface area (Å²) in [6.07, 6.45) is 0.929. The van der Waals surface area contributed by atoms with Crippen LogP contribution < -0.4 is 5.32 Å². The van der Waals surface area contributed by atoms with Gasteiger partial charge in [0, 0.05) is 48.9 Å². The number of nitrogens with one attached hydrogen (secondary N) is 1. The van der Waals surface area contributed by atoms with Gasteiger partial charge in [0.2, 0.25) is 5.91 Å². The normalized spacial score (nSPS) is 20.1. The molecule has 3 N–H and O–H groups in total. The van der Waals surface area contributed by atoms with Crippen molar-refractivity contribution in [3.63, 3.8) is 0 Å². The van der Waals surface area contributed by atoms with Gasteiger partial charge in [-0.15, -0.1) is 0 Å². The number of aliphatic hydroxyl groups is 2. The molecule has 2 fully saturated rings. The second-order valence-corrected chi connectivity index (χ2v) is 10.9. The van der Waals surface area contributed by atoms with Gasteiger partial charge in [-0.3, -0.25) is 14.5 Å². The summed E-state index contributed by atoms with van der Waals surface area (Å²) < 4.78 is 0. The lowest BCUT2D eigenvalue weighted by Gasteiger charge is -2.36. The summed E-state index contributed by atoms with van der Waals surface area (Å²) in [5.41, 5.74) is 2.88. The SMILES string of the molecule is O=C(NCc1cc(Cl)ccc1CN1CC(O)C1)C1CCCN1C(=O)C1(O)c2ccccc2-c2ccccc21. The third kappa shape index (κ3) is 4.20. The number of likely N-dealkylation sites (tertiary alicyclic amines) is 2. The quantitative estimate of drug-likeness (QED) is 0.455. The lowest BCUT2D eigenvalue weighted by atomic mass is 9.89. The van der Waals surface area contributed by atoms with Crippen molar-refractivity contribution in [2.24, 2.45) is 0 Å². The van der Waals surface area contributed by atoms with Crippen LogP contribution in [0.25, 0.3) is 11.1 Å². The molecule has 2 aliphatic heterocycles. The first-order chi connectivity index (χ1) is 18.4. The van der Waals surface area contributed by atoms with Crippen LogP contribution in [-0.2, 0) is 28.3 Å². The molecule has 0 bridgehead atoms. The lowest BCUT2D eigenvalue weighted by molar-refractivity contribution is -0.151. The fourth-order valence-electron chi connectivity index (χ4n) is 6.06. The number of halogens is 1. The van der Waals surface area contributed by atoms with Gasteiger partial charge in [0.05, 0.1) is 6.10 Å². The molecule has 2 amide bonds. The number of carbonyl (C=O) groups excluding carboxylic acids is 2. The van der Waals surface area contributed by atoms with Crippen molar-refractivity contribution in [3.8, 4) is 11.1 Å². The van der Waals surface area contributed by atoms with Gasteiger partial charge in [-0.05, 0) is 47.2 Å². The van der Waals surface area contributed by atoms with E-state index in [1.54, 1.807) is 12.1 Å². The summed E-state index contributed by atoms with van der Waals surface area (Å²) in [5.74, 6) is -0.711. The summed E-state index contributed by atoms with van der Waals surface area (Å²) in [6, 6.07) is 19.8. The fourth-order valence-corrected chi connectivity index (χ4v) is 6.25. The number of benzene rings is 3. The summed E-state index contributed by atoms with van der Waals surface area (Å²) in [7, 11) is 0. The Labute approximate surface area is 226 Å². The zero-order chi connectivity index (χ0) is 26.4. The average Bonchev–Trinajstić information content (AvgIpc) is 3.50. The van der Waals surface area contributed by atoms with Crippen molar-refractivity contribution >= 4 is 23.4 Å². The number of aliphatic hydroxyl groups excluding tert-OH is 1. The van der Waals surface area contributed by atoms with Crippen LogP contribution >= 0.6 is 11.6 Å². The zero-order valence-corrected chi connectivity index (χ0v) is 21.7. The maximum atomic E-state index is 14.0. The molecule has 8 heteroatoms. The molecule has 1 unspecified atom stereocenters. The van der Waals surface area contributed by atoms with Gasteiger partial charge >= 0.3 is 0 Å². The molecule has 1 aliphatic carbocycles. The molecule has 0 aromatic heterocycles. The van der Waals surface area contributed by atoms with Gasteiger partial charge < -0.3 is 20.4 Å². The molecular weight excluding hydrogens is 502 g/mol. The van der Waals surface area contributed by atoms with Crippen LogP contribution in [0.3, 0.4) is 0 Å². The van der Waals surface area contributed by atoms with E-state index in [0.717, 1.165) is 22.3 Å². The molecule has 2 heterocycles. The summed E-state index contributed by atoms with van der Waals surface area (Å²) in [5, 5.41) is 25.2. The van der Waals surface area contributed by atoms with Crippen LogP contribution in [0.2, 0.25) is 5.02 Å². The smallest absolute Gasteiger partial charge is 0.264 e. The summed E-state index contributed by atoms with van der Waals surface area (Å²) in [4.78, 5) is 31.1. The van der Waals surface area contributed by atoms with Crippen molar-refractivity contribution < 1.29 is 19.8 Å². The van der Waals surface area contributed by atoms with E-state index >= 15 is 0 Å². The molecule has 0 saturated carbocycles. The molecule has 3 aliphatic rings. The third-order valence-electron chi connectivity index (χ3n) is 8.00. The van der Waals surface area contributed by atoms with Crippen LogP contribution in [0.1, 0.15) is 35.1 Å². The van der Waals surface area contributed by atoms with E-state index in [4.69, 9.17) is 11.6 Å². The largest absolute Gasteiger partial charge is 0.390 e. The molecule has 3 aromatic carbocycles. The number of nitrogens with zero attached hydrogens (tertiary/aromatic N) is 2. The zero-order valence-electron chi connectivity index (χ0n) is 20.9. The van der Waals surface area contributed by atoms with Crippen LogP contribution in [0.15, 0.2) is 66.7 Å². The first-order valence-corrected chi connectivity index (χ1v) is 13.4. The Hall–Kier alpha value is -3.23. The predicted octanol–water partition coefficient (Wildman–Crippen LogP) is 3.04. The lowest BCUT2D eigenvalue weighted by Crippen LogP contribution is -2.52. The highest BCUT2D eigenvalue weighted by Crippen LogP contribution is 2.48. The number of β-amino-alcohol motifs (C(OH)–C–C–N with tert-alkyl or cyclic N) is 1. The van der Waals surface area contributed by atoms with E-state index in [-0.39, 0.29) is 18.6 Å². The highest BCUT2D eigenvalue weighted by atomic mass is 35.5. The molecule has 0 radical (unpaired) electrons. The molecule has 6 rings (SSSR count). The summed E-state index contributed by atoms with van der Waals surface area (Å²) >= 11 is 6.26.